The van der Waals surface area contributed by atoms with Gasteiger partial charge < -0.3 is 15.1 Å². The first-order chi connectivity index (χ1) is 16.7. The minimum absolute atomic E-state index is 0.132. The van der Waals surface area contributed by atoms with Crippen LogP contribution in [0.1, 0.15) is 9.67 Å². The number of aliphatic hydroxyl groups excluding tert-OH is 2. The Morgan fingerprint density at radius 3 is 1.94 bits per heavy atom. The molecule has 0 atom stereocenters. The van der Waals surface area contributed by atoms with Crippen molar-refractivity contribution in [3.05, 3.63) is 83.7 Å². The lowest BCUT2D eigenvalue weighted by molar-refractivity contribution is 0.0689. The van der Waals surface area contributed by atoms with Crippen LogP contribution in [0.4, 0.5) is 0 Å². The van der Waals surface area contributed by atoms with Crippen molar-refractivity contribution in [2.24, 2.45) is 0 Å². The average molecular weight is 466 g/mol. The number of fused-ring (bicyclic) bond motifs is 2. The molecule has 34 heavy (non-hydrogen) atoms. The Labute approximate surface area is 200 Å². The summed E-state index contributed by atoms with van der Waals surface area (Å²) in [6.07, 6.45) is 0. The standard InChI is InChI=1S/C29H23NO3S/c31-16-14-30(15-17-32)29(33)26-13-12-25(34-26)19-10-11-24-22-7-2-5-18-4-1-6-21(27(18)22)23-9-3-8-20(19)28(23)24/h1-13,31-32H,14-17H2. The van der Waals surface area contributed by atoms with E-state index >= 15 is 0 Å². The third-order valence-electron chi connectivity index (χ3n) is 6.63. The quantitative estimate of drug-likeness (QED) is 0.238. The van der Waals surface area contributed by atoms with Crippen LogP contribution in [0.2, 0.25) is 0 Å². The average Bonchev–Trinajstić information content (AvgIpc) is 3.36. The predicted molar refractivity (Wildman–Crippen MR) is 141 cm³/mol. The smallest absolute Gasteiger partial charge is 0.264 e. The predicted octanol–water partition coefficient (Wildman–Crippen LogP) is 5.89. The van der Waals surface area contributed by atoms with E-state index in [4.69, 9.17) is 0 Å². The van der Waals surface area contributed by atoms with Crippen LogP contribution in [0, 0.1) is 0 Å². The zero-order chi connectivity index (χ0) is 23.2. The van der Waals surface area contributed by atoms with Crippen LogP contribution >= 0.6 is 11.3 Å². The first-order valence-electron chi connectivity index (χ1n) is 11.4. The molecule has 2 N–H and O–H groups in total. The Morgan fingerprint density at radius 1 is 0.676 bits per heavy atom. The maximum Gasteiger partial charge on any atom is 0.264 e. The molecule has 0 fully saturated rings. The van der Waals surface area contributed by atoms with Crippen molar-refractivity contribution >= 4 is 60.3 Å². The molecule has 0 saturated carbocycles. The molecule has 1 heterocycles. The monoisotopic (exact) mass is 465 g/mol. The van der Waals surface area contributed by atoms with E-state index in [1.54, 1.807) is 0 Å². The number of rotatable bonds is 6. The second-order valence-electron chi connectivity index (χ2n) is 8.50. The minimum atomic E-state index is -0.164. The lowest BCUT2D eigenvalue weighted by atomic mass is 9.88. The molecular weight excluding hydrogens is 442 g/mol. The molecule has 0 spiro atoms. The number of nitrogens with zero attached hydrogens (tertiary/aromatic N) is 1. The van der Waals surface area contributed by atoms with Gasteiger partial charge in [-0.1, -0.05) is 66.7 Å². The fourth-order valence-corrected chi connectivity index (χ4v) is 6.18. The molecule has 1 amide bonds. The van der Waals surface area contributed by atoms with Crippen molar-refractivity contribution in [1.82, 2.24) is 4.90 Å². The van der Waals surface area contributed by atoms with Crippen LogP contribution in [0.25, 0.3) is 53.5 Å². The van der Waals surface area contributed by atoms with Gasteiger partial charge in [-0.15, -0.1) is 11.3 Å². The van der Waals surface area contributed by atoms with Gasteiger partial charge in [0.2, 0.25) is 0 Å². The van der Waals surface area contributed by atoms with E-state index < -0.39 is 0 Å². The summed E-state index contributed by atoms with van der Waals surface area (Å²) in [6.45, 7) is 0.150. The Hall–Kier alpha value is -3.51. The van der Waals surface area contributed by atoms with E-state index in [0.717, 1.165) is 10.4 Å². The third-order valence-corrected chi connectivity index (χ3v) is 7.74. The summed E-state index contributed by atoms with van der Waals surface area (Å²) in [7, 11) is 0. The second-order valence-corrected chi connectivity index (χ2v) is 9.59. The molecule has 5 aromatic carbocycles. The summed E-state index contributed by atoms with van der Waals surface area (Å²) < 4.78 is 0. The molecule has 4 nitrogen and oxygen atoms in total. The Balaban J connectivity index is 1.55. The van der Waals surface area contributed by atoms with Crippen molar-refractivity contribution in [2.75, 3.05) is 26.3 Å². The van der Waals surface area contributed by atoms with Crippen molar-refractivity contribution in [1.29, 1.82) is 0 Å². The summed E-state index contributed by atoms with van der Waals surface area (Å²) >= 11 is 1.45. The molecule has 0 bridgehead atoms. The molecule has 0 aliphatic heterocycles. The van der Waals surface area contributed by atoms with Crippen LogP contribution in [0.15, 0.2) is 78.9 Å². The number of aliphatic hydroxyl groups is 2. The van der Waals surface area contributed by atoms with Crippen molar-refractivity contribution in [3.8, 4) is 10.4 Å². The van der Waals surface area contributed by atoms with Crippen molar-refractivity contribution < 1.29 is 15.0 Å². The molecule has 5 heteroatoms. The van der Waals surface area contributed by atoms with Crippen molar-refractivity contribution in [3.63, 3.8) is 0 Å². The Morgan fingerprint density at radius 2 is 1.26 bits per heavy atom. The lowest BCUT2D eigenvalue weighted by Crippen LogP contribution is -2.35. The van der Waals surface area contributed by atoms with Gasteiger partial charge in [0.15, 0.2) is 0 Å². The molecule has 0 radical (unpaired) electrons. The summed E-state index contributed by atoms with van der Waals surface area (Å²) in [5, 5.41) is 28.5. The Bertz CT molecular complexity index is 1610. The molecule has 0 aliphatic rings. The molecule has 0 saturated heterocycles. The lowest BCUT2D eigenvalue weighted by Gasteiger charge is -2.19. The summed E-state index contributed by atoms with van der Waals surface area (Å²) in [6, 6.07) is 27.7. The largest absolute Gasteiger partial charge is 0.395 e. The number of benzene rings is 5. The highest BCUT2D eigenvalue weighted by Gasteiger charge is 2.19. The zero-order valence-electron chi connectivity index (χ0n) is 18.5. The fourth-order valence-electron chi connectivity index (χ4n) is 5.17. The number of hydrogen-bond acceptors (Lipinski definition) is 4. The highest BCUT2D eigenvalue weighted by atomic mass is 32.1. The van der Waals surface area contributed by atoms with Gasteiger partial charge in [-0.2, -0.15) is 0 Å². The van der Waals surface area contributed by atoms with Gasteiger partial charge in [-0.25, -0.2) is 0 Å². The molecule has 6 rings (SSSR count). The SMILES string of the molecule is O=C(c1ccc(-c2ccc3c4cccc5cccc(c6cccc2c63)c54)s1)N(CCO)CCO. The number of hydrogen-bond donors (Lipinski definition) is 2. The van der Waals surface area contributed by atoms with Crippen LogP contribution < -0.4 is 0 Å². The van der Waals surface area contributed by atoms with Gasteiger partial charge in [-0.3, -0.25) is 4.79 Å². The van der Waals surface area contributed by atoms with E-state index in [9.17, 15) is 15.0 Å². The summed E-state index contributed by atoms with van der Waals surface area (Å²) in [5.41, 5.74) is 1.10. The third kappa shape index (κ3) is 3.16. The molecule has 168 valence electrons. The molecular formula is C29H23NO3S. The normalized spacial score (nSPS) is 11.8. The van der Waals surface area contributed by atoms with Gasteiger partial charge in [0.1, 0.15) is 0 Å². The van der Waals surface area contributed by atoms with Gasteiger partial charge in [0.25, 0.3) is 5.91 Å². The van der Waals surface area contributed by atoms with E-state index in [-0.39, 0.29) is 32.2 Å². The second kappa shape index (κ2) is 8.37. The van der Waals surface area contributed by atoms with Crippen molar-refractivity contribution in [2.45, 2.75) is 0 Å². The first kappa shape index (κ1) is 21.1. The molecule has 1 aromatic heterocycles. The molecule has 0 unspecified atom stereocenters. The maximum absolute atomic E-state index is 13.0. The molecule has 0 aliphatic carbocycles. The summed E-state index contributed by atoms with van der Waals surface area (Å²) in [5.74, 6) is -0.164. The van der Waals surface area contributed by atoms with E-state index in [1.807, 2.05) is 12.1 Å². The maximum atomic E-state index is 13.0. The topological polar surface area (TPSA) is 60.8 Å². The Kier molecular flexibility index (Phi) is 5.18. The van der Waals surface area contributed by atoms with Crippen LogP contribution in [0.3, 0.4) is 0 Å². The van der Waals surface area contributed by atoms with Gasteiger partial charge >= 0.3 is 0 Å². The summed E-state index contributed by atoms with van der Waals surface area (Å²) in [4.78, 5) is 16.1. The number of thiophene rings is 1. The molecule has 6 aromatic rings. The number of carbonyl (C=O) groups is 1. The minimum Gasteiger partial charge on any atom is -0.395 e. The van der Waals surface area contributed by atoms with Crippen LogP contribution in [0.5, 0.6) is 0 Å². The van der Waals surface area contributed by atoms with E-state index in [0.29, 0.717) is 4.88 Å². The first-order valence-corrected chi connectivity index (χ1v) is 12.2. The van der Waals surface area contributed by atoms with Gasteiger partial charge in [0, 0.05) is 18.0 Å². The van der Waals surface area contributed by atoms with Crippen LogP contribution in [-0.4, -0.2) is 47.3 Å². The van der Waals surface area contributed by atoms with Gasteiger partial charge in [0.05, 0.1) is 18.1 Å². The van der Waals surface area contributed by atoms with E-state index in [2.05, 4.69) is 66.7 Å². The highest BCUT2D eigenvalue weighted by Crippen LogP contribution is 2.43. The highest BCUT2D eigenvalue weighted by molar-refractivity contribution is 7.17. The van der Waals surface area contributed by atoms with E-state index in [1.165, 1.54) is 59.3 Å². The zero-order valence-corrected chi connectivity index (χ0v) is 19.3. The number of amides is 1. The fraction of sp³-hybridized carbons (Fsp3) is 0.138. The van der Waals surface area contributed by atoms with Crippen LogP contribution in [-0.2, 0) is 0 Å². The van der Waals surface area contributed by atoms with Gasteiger partial charge in [-0.05, 0) is 60.8 Å². The number of carbonyl (C=O) groups excluding carboxylic acids is 1.